The van der Waals surface area contributed by atoms with E-state index in [-0.39, 0.29) is 5.69 Å². The average Bonchev–Trinajstić information content (AvgIpc) is 3.04. The van der Waals surface area contributed by atoms with Gasteiger partial charge in [0.05, 0.1) is 45.5 Å². The van der Waals surface area contributed by atoms with Gasteiger partial charge < -0.3 is 5.32 Å². The molecule has 0 atom stereocenters. The van der Waals surface area contributed by atoms with Crippen LogP contribution < -0.4 is 11.0 Å². The molecular formula is C24H22N6O. The SMILES string of the molecule is CNc1cc(-c2ccc3ncc4c(c3c2)n(-c2cccnc2C)c(=O)n4C)cnc1C. The molecule has 0 fully saturated rings. The van der Waals surface area contributed by atoms with Crippen LogP contribution in [0.25, 0.3) is 38.8 Å². The zero-order valence-corrected chi connectivity index (χ0v) is 17.8. The first-order valence-corrected chi connectivity index (χ1v) is 10.1. The van der Waals surface area contributed by atoms with Crippen molar-refractivity contribution in [3.8, 4) is 16.8 Å². The van der Waals surface area contributed by atoms with Crippen LogP contribution in [0.4, 0.5) is 5.69 Å². The molecule has 31 heavy (non-hydrogen) atoms. The van der Waals surface area contributed by atoms with Crippen molar-refractivity contribution < 1.29 is 0 Å². The Hall–Kier alpha value is -4.00. The van der Waals surface area contributed by atoms with Gasteiger partial charge in [0.2, 0.25) is 0 Å². The quantitative estimate of drug-likeness (QED) is 0.487. The van der Waals surface area contributed by atoms with Gasteiger partial charge in [0, 0.05) is 37.4 Å². The molecule has 0 saturated carbocycles. The summed E-state index contributed by atoms with van der Waals surface area (Å²) in [5.41, 5.74) is 7.79. The second-order valence-corrected chi connectivity index (χ2v) is 7.62. The molecule has 0 saturated heterocycles. The third kappa shape index (κ3) is 2.89. The molecule has 0 aliphatic carbocycles. The van der Waals surface area contributed by atoms with Gasteiger partial charge in [0.15, 0.2) is 0 Å². The van der Waals surface area contributed by atoms with Crippen molar-refractivity contribution in [3.63, 3.8) is 0 Å². The summed E-state index contributed by atoms with van der Waals surface area (Å²) in [4.78, 5) is 26.7. The summed E-state index contributed by atoms with van der Waals surface area (Å²) in [5.74, 6) is 0. The van der Waals surface area contributed by atoms with E-state index in [0.717, 1.165) is 55.8 Å². The van der Waals surface area contributed by atoms with Crippen LogP contribution in [0.3, 0.4) is 0 Å². The van der Waals surface area contributed by atoms with Gasteiger partial charge >= 0.3 is 5.69 Å². The van der Waals surface area contributed by atoms with Crippen molar-refractivity contribution in [2.75, 3.05) is 12.4 Å². The Morgan fingerprint density at radius 1 is 0.935 bits per heavy atom. The Balaban J connectivity index is 1.86. The fraction of sp³-hybridized carbons (Fsp3) is 0.167. The smallest absolute Gasteiger partial charge is 0.333 e. The number of nitrogens with one attached hydrogen (secondary N) is 1. The van der Waals surface area contributed by atoms with Crippen LogP contribution in [0.5, 0.6) is 0 Å². The molecule has 0 bridgehead atoms. The van der Waals surface area contributed by atoms with E-state index in [1.807, 2.05) is 51.4 Å². The molecule has 1 N–H and O–H groups in total. The molecule has 154 valence electrons. The maximum atomic E-state index is 13.2. The number of hydrogen-bond donors (Lipinski definition) is 1. The molecule has 4 heterocycles. The van der Waals surface area contributed by atoms with E-state index in [9.17, 15) is 4.79 Å². The molecular weight excluding hydrogens is 388 g/mol. The molecule has 0 unspecified atom stereocenters. The van der Waals surface area contributed by atoms with E-state index < -0.39 is 0 Å². The number of hydrogen-bond acceptors (Lipinski definition) is 5. The third-order valence-corrected chi connectivity index (χ3v) is 5.79. The van der Waals surface area contributed by atoms with Gasteiger partial charge in [0.25, 0.3) is 0 Å². The fourth-order valence-corrected chi connectivity index (χ4v) is 4.06. The molecule has 0 radical (unpaired) electrons. The summed E-state index contributed by atoms with van der Waals surface area (Å²) >= 11 is 0. The van der Waals surface area contributed by atoms with Crippen LogP contribution >= 0.6 is 0 Å². The topological polar surface area (TPSA) is 77.6 Å². The minimum absolute atomic E-state index is 0.125. The lowest BCUT2D eigenvalue weighted by molar-refractivity contribution is 0.840. The lowest BCUT2D eigenvalue weighted by Gasteiger charge is -2.10. The number of rotatable bonds is 3. The van der Waals surface area contributed by atoms with Gasteiger partial charge in [0.1, 0.15) is 0 Å². The minimum atomic E-state index is -0.125. The highest BCUT2D eigenvalue weighted by molar-refractivity contribution is 6.04. The molecule has 4 aromatic heterocycles. The number of aromatic nitrogens is 5. The Labute approximate surface area is 179 Å². The van der Waals surface area contributed by atoms with Crippen molar-refractivity contribution in [3.05, 3.63) is 76.9 Å². The van der Waals surface area contributed by atoms with Crippen molar-refractivity contribution in [2.24, 2.45) is 7.05 Å². The van der Waals surface area contributed by atoms with Gasteiger partial charge in [-0.25, -0.2) is 4.79 Å². The lowest BCUT2D eigenvalue weighted by Crippen LogP contribution is -2.21. The van der Waals surface area contributed by atoms with Gasteiger partial charge in [-0.05, 0) is 49.7 Å². The standard InChI is InChI=1S/C24H22N6O/c1-14-20(25-3)11-17(12-27-14)16-7-8-19-18(10-16)23-22(13-28-19)29(4)24(31)30(23)21-6-5-9-26-15(21)2/h5-13,25H,1-4H3. The van der Waals surface area contributed by atoms with Gasteiger partial charge in [-0.3, -0.25) is 24.1 Å². The predicted octanol–water partition coefficient (Wildman–Crippen LogP) is 3.99. The van der Waals surface area contributed by atoms with Gasteiger partial charge in [-0.2, -0.15) is 0 Å². The van der Waals surface area contributed by atoms with E-state index in [0.29, 0.717) is 0 Å². The lowest BCUT2D eigenvalue weighted by atomic mass is 10.0. The highest BCUT2D eigenvalue weighted by atomic mass is 16.1. The van der Waals surface area contributed by atoms with E-state index in [2.05, 4.69) is 32.4 Å². The van der Waals surface area contributed by atoms with Crippen LogP contribution in [0.15, 0.2) is 59.8 Å². The Bertz CT molecular complexity index is 1530. The maximum absolute atomic E-state index is 13.2. The Kier molecular flexibility index (Phi) is 4.32. The van der Waals surface area contributed by atoms with E-state index in [4.69, 9.17) is 0 Å². The molecule has 0 spiro atoms. The van der Waals surface area contributed by atoms with Crippen LogP contribution in [0.1, 0.15) is 11.4 Å². The molecule has 7 heteroatoms. The van der Waals surface area contributed by atoms with E-state index in [1.54, 1.807) is 28.6 Å². The molecule has 7 nitrogen and oxygen atoms in total. The fourth-order valence-electron chi connectivity index (χ4n) is 4.06. The van der Waals surface area contributed by atoms with E-state index >= 15 is 0 Å². The number of fused-ring (bicyclic) bond motifs is 3. The monoisotopic (exact) mass is 410 g/mol. The van der Waals surface area contributed by atoms with E-state index in [1.165, 1.54) is 0 Å². The first kappa shape index (κ1) is 19.0. The molecule has 1 aromatic carbocycles. The summed E-state index contributed by atoms with van der Waals surface area (Å²) in [5, 5.41) is 4.09. The summed E-state index contributed by atoms with van der Waals surface area (Å²) in [6.07, 6.45) is 5.36. The highest BCUT2D eigenvalue weighted by Crippen LogP contribution is 2.31. The summed E-state index contributed by atoms with van der Waals surface area (Å²) in [6, 6.07) is 12.0. The highest BCUT2D eigenvalue weighted by Gasteiger charge is 2.18. The number of imidazole rings is 1. The third-order valence-electron chi connectivity index (χ3n) is 5.79. The van der Waals surface area contributed by atoms with Crippen LogP contribution in [-0.4, -0.2) is 31.1 Å². The first-order valence-electron chi connectivity index (χ1n) is 10.1. The number of benzene rings is 1. The molecule has 5 aromatic rings. The number of anilines is 1. The summed E-state index contributed by atoms with van der Waals surface area (Å²) < 4.78 is 3.37. The predicted molar refractivity (Wildman–Crippen MR) is 124 cm³/mol. The Morgan fingerprint density at radius 3 is 2.55 bits per heavy atom. The largest absolute Gasteiger partial charge is 0.387 e. The van der Waals surface area contributed by atoms with Crippen LogP contribution in [0.2, 0.25) is 0 Å². The average molecular weight is 410 g/mol. The summed E-state index contributed by atoms with van der Waals surface area (Å²) in [6.45, 7) is 3.88. The first-order chi connectivity index (χ1) is 15.0. The van der Waals surface area contributed by atoms with Crippen molar-refractivity contribution in [1.29, 1.82) is 0 Å². The normalized spacial score (nSPS) is 11.4. The Morgan fingerprint density at radius 2 is 1.77 bits per heavy atom. The molecule has 0 aliphatic rings. The number of pyridine rings is 3. The molecule has 5 rings (SSSR count). The van der Waals surface area contributed by atoms with Crippen LogP contribution in [-0.2, 0) is 7.05 Å². The second kappa shape index (κ2) is 7.05. The minimum Gasteiger partial charge on any atom is -0.387 e. The van der Waals surface area contributed by atoms with Crippen molar-refractivity contribution in [2.45, 2.75) is 13.8 Å². The van der Waals surface area contributed by atoms with Crippen LogP contribution in [0, 0.1) is 13.8 Å². The van der Waals surface area contributed by atoms with Crippen molar-refractivity contribution >= 4 is 27.6 Å². The van der Waals surface area contributed by atoms with Gasteiger partial charge in [-0.15, -0.1) is 0 Å². The molecule has 0 amide bonds. The number of nitrogens with zero attached hydrogens (tertiary/aromatic N) is 5. The van der Waals surface area contributed by atoms with Gasteiger partial charge in [-0.1, -0.05) is 6.07 Å². The number of aryl methyl sites for hydroxylation is 3. The zero-order chi connectivity index (χ0) is 21.7. The second-order valence-electron chi connectivity index (χ2n) is 7.62. The maximum Gasteiger partial charge on any atom is 0.333 e. The molecule has 0 aliphatic heterocycles. The summed E-state index contributed by atoms with van der Waals surface area (Å²) in [7, 11) is 3.66. The van der Waals surface area contributed by atoms with Crippen molar-refractivity contribution in [1.82, 2.24) is 24.1 Å². The zero-order valence-electron chi connectivity index (χ0n) is 17.8.